The summed E-state index contributed by atoms with van der Waals surface area (Å²) < 4.78 is 0. The van der Waals surface area contributed by atoms with E-state index in [1.807, 2.05) is 6.08 Å². The quantitative estimate of drug-likeness (QED) is 0.507. The van der Waals surface area contributed by atoms with E-state index < -0.39 is 0 Å². The third kappa shape index (κ3) is 1.38. The SMILES string of the molecule is C=Cc1c2ccccc2c(C)c2ccccc12. The van der Waals surface area contributed by atoms with Gasteiger partial charge in [-0.3, -0.25) is 0 Å². The molecule has 0 nitrogen and oxygen atoms in total. The maximum Gasteiger partial charge on any atom is -0.0103 e. The molecule has 0 unspecified atom stereocenters. The molecule has 0 aliphatic carbocycles. The van der Waals surface area contributed by atoms with Crippen LogP contribution in [0.1, 0.15) is 11.1 Å². The molecule has 0 saturated carbocycles. The molecule has 17 heavy (non-hydrogen) atoms. The van der Waals surface area contributed by atoms with Crippen LogP contribution in [0, 0.1) is 6.92 Å². The topological polar surface area (TPSA) is 0 Å². The first kappa shape index (κ1) is 10.1. The Hall–Kier alpha value is -2.08. The fourth-order valence-electron chi connectivity index (χ4n) is 2.60. The van der Waals surface area contributed by atoms with Crippen molar-refractivity contribution < 1.29 is 0 Å². The first-order valence-electron chi connectivity index (χ1n) is 5.85. The van der Waals surface area contributed by atoms with E-state index in [2.05, 4.69) is 62.0 Å². The van der Waals surface area contributed by atoms with Crippen LogP contribution < -0.4 is 0 Å². The fourth-order valence-corrected chi connectivity index (χ4v) is 2.60. The Morgan fingerprint density at radius 1 is 0.765 bits per heavy atom. The van der Waals surface area contributed by atoms with E-state index in [0.29, 0.717) is 0 Å². The number of benzene rings is 3. The molecule has 0 aliphatic heterocycles. The van der Waals surface area contributed by atoms with Crippen molar-refractivity contribution >= 4 is 27.6 Å². The van der Waals surface area contributed by atoms with Crippen molar-refractivity contribution in [1.82, 2.24) is 0 Å². The van der Waals surface area contributed by atoms with Gasteiger partial charge in [0, 0.05) is 0 Å². The molecule has 0 atom stereocenters. The van der Waals surface area contributed by atoms with Gasteiger partial charge < -0.3 is 0 Å². The highest BCUT2D eigenvalue weighted by Gasteiger charge is 2.07. The van der Waals surface area contributed by atoms with Gasteiger partial charge in [-0.05, 0) is 39.6 Å². The predicted octanol–water partition coefficient (Wildman–Crippen LogP) is 4.94. The van der Waals surface area contributed by atoms with Crippen LogP contribution in [0.2, 0.25) is 0 Å². The van der Waals surface area contributed by atoms with Crippen LogP contribution in [-0.4, -0.2) is 0 Å². The van der Waals surface area contributed by atoms with Crippen LogP contribution in [0.3, 0.4) is 0 Å². The van der Waals surface area contributed by atoms with Crippen LogP contribution in [0.25, 0.3) is 27.6 Å². The van der Waals surface area contributed by atoms with Crippen LogP contribution in [0.15, 0.2) is 55.1 Å². The zero-order valence-electron chi connectivity index (χ0n) is 9.90. The number of fused-ring (bicyclic) bond motifs is 2. The zero-order chi connectivity index (χ0) is 11.8. The Morgan fingerprint density at radius 2 is 1.18 bits per heavy atom. The summed E-state index contributed by atoms with van der Waals surface area (Å²) in [5, 5.41) is 5.22. The Morgan fingerprint density at radius 3 is 1.59 bits per heavy atom. The van der Waals surface area contributed by atoms with Gasteiger partial charge in [-0.2, -0.15) is 0 Å². The van der Waals surface area contributed by atoms with E-state index in [-0.39, 0.29) is 0 Å². The molecule has 0 aromatic heterocycles. The van der Waals surface area contributed by atoms with Crippen LogP contribution in [0.4, 0.5) is 0 Å². The van der Waals surface area contributed by atoms with E-state index in [9.17, 15) is 0 Å². The van der Waals surface area contributed by atoms with Crippen LogP contribution in [-0.2, 0) is 0 Å². The van der Waals surface area contributed by atoms with Gasteiger partial charge in [0.05, 0.1) is 0 Å². The molecular formula is C17H14. The predicted molar refractivity (Wildman–Crippen MR) is 76.3 cm³/mol. The fraction of sp³-hybridized carbons (Fsp3) is 0.0588. The zero-order valence-corrected chi connectivity index (χ0v) is 9.90. The number of hydrogen-bond acceptors (Lipinski definition) is 0. The first-order valence-corrected chi connectivity index (χ1v) is 5.85. The Labute approximate surface area is 101 Å². The molecule has 3 rings (SSSR count). The molecule has 0 fully saturated rings. The van der Waals surface area contributed by atoms with Gasteiger partial charge in [-0.15, -0.1) is 0 Å². The molecule has 0 amide bonds. The molecule has 3 aromatic carbocycles. The maximum atomic E-state index is 3.96. The van der Waals surface area contributed by atoms with Crippen molar-refractivity contribution in [3.05, 3.63) is 66.2 Å². The summed E-state index contributed by atoms with van der Waals surface area (Å²) in [6, 6.07) is 17.1. The summed E-state index contributed by atoms with van der Waals surface area (Å²) in [5.41, 5.74) is 2.59. The normalized spacial score (nSPS) is 10.9. The molecule has 0 heteroatoms. The number of rotatable bonds is 1. The molecule has 0 aliphatic rings. The minimum atomic E-state index is 1.24. The lowest BCUT2D eigenvalue weighted by molar-refractivity contribution is 1.58. The van der Waals surface area contributed by atoms with E-state index in [1.165, 1.54) is 32.7 Å². The van der Waals surface area contributed by atoms with E-state index in [4.69, 9.17) is 0 Å². The van der Waals surface area contributed by atoms with Crippen molar-refractivity contribution in [1.29, 1.82) is 0 Å². The second-order valence-electron chi connectivity index (χ2n) is 4.33. The molecule has 0 spiro atoms. The molecule has 82 valence electrons. The Kier molecular flexibility index (Phi) is 2.22. The molecule has 0 bridgehead atoms. The average molecular weight is 218 g/mol. The summed E-state index contributed by atoms with van der Waals surface area (Å²) in [4.78, 5) is 0. The second kappa shape index (κ2) is 3.74. The standard InChI is InChI=1S/C17H14/c1-3-13-16-10-6-4-8-14(16)12(2)15-9-5-7-11-17(13)15/h3-11H,1H2,2H3. The smallest absolute Gasteiger partial charge is 0.0103 e. The lowest BCUT2D eigenvalue weighted by Crippen LogP contribution is -1.87. The summed E-state index contributed by atoms with van der Waals surface area (Å²) in [6.07, 6.45) is 1.96. The Balaban J connectivity index is 2.68. The highest BCUT2D eigenvalue weighted by atomic mass is 14.1. The van der Waals surface area contributed by atoms with Gasteiger partial charge in [0.2, 0.25) is 0 Å². The second-order valence-corrected chi connectivity index (χ2v) is 4.33. The minimum absolute atomic E-state index is 1.24. The van der Waals surface area contributed by atoms with Crippen molar-refractivity contribution in [2.45, 2.75) is 6.92 Å². The summed E-state index contributed by atoms with van der Waals surface area (Å²) in [5.74, 6) is 0. The molecule has 0 heterocycles. The van der Waals surface area contributed by atoms with Crippen molar-refractivity contribution in [2.24, 2.45) is 0 Å². The monoisotopic (exact) mass is 218 g/mol. The van der Waals surface area contributed by atoms with E-state index >= 15 is 0 Å². The van der Waals surface area contributed by atoms with Crippen LogP contribution >= 0.6 is 0 Å². The summed E-state index contributed by atoms with van der Waals surface area (Å²) >= 11 is 0. The largest absolute Gasteiger partial charge is 0.0984 e. The number of hydrogen-bond donors (Lipinski definition) is 0. The molecule has 3 aromatic rings. The average Bonchev–Trinajstić information content (AvgIpc) is 2.40. The highest BCUT2D eigenvalue weighted by Crippen LogP contribution is 2.32. The first-order chi connectivity index (χ1) is 8.33. The minimum Gasteiger partial charge on any atom is -0.0984 e. The van der Waals surface area contributed by atoms with Gasteiger partial charge in [-0.25, -0.2) is 0 Å². The van der Waals surface area contributed by atoms with Crippen molar-refractivity contribution in [2.75, 3.05) is 0 Å². The lowest BCUT2D eigenvalue weighted by atomic mass is 9.92. The van der Waals surface area contributed by atoms with Crippen LogP contribution in [0.5, 0.6) is 0 Å². The van der Waals surface area contributed by atoms with Gasteiger partial charge in [-0.1, -0.05) is 61.2 Å². The van der Waals surface area contributed by atoms with Gasteiger partial charge in [0.1, 0.15) is 0 Å². The number of aryl methyl sites for hydroxylation is 1. The van der Waals surface area contributed by atoms with Gasteiger partial charge in [0.25, 0.3) is 0 Å². The van der Waals surface area contributed by atoms with Gasteiger partial charge >= 0.3 is 0 Å². The van der Waals surface area contributed by atoms with Crippen molar-refractivity contribution in [3.63, 3.8) is 0 Å². The van der Waals surface area contributed by atoms with E-state index in [0.717, 1.165) is 0 Å². The Bertz CT molecular complexity index is 664. The third-order valence-corrected chi connectivity index (χ3v) is 3.45. The third-order valence-electron chi connectivity index (χ3n) is 3.45. The molecule has 0 saturated heterocycles. The summed E-state index contributed by atoms with van der Waals surface area (Å²) in [6.45, 7) is 6.15. The van der Waals surface area contributed by atoms with Gasteiger partial charge in [0.15, 0.2) is 0 Å². The summed E-state index contributed by atoms with van der Waals surface area (Å²) in [7, 11) is 0. The molecule has 0 N–H and O–H groups in total. The molecular weight excluding hydrogens is 204 g/mol. The highest BCUT2D eigenvalue weighted by molar-refractivity contribution is 6.09. The lowest BCUT2D eigenvalue weighted by Gasteiger charge is -2.11. The van der Waals surface area contributed by atoms with E-state index in [1.54, 1.807) is 0 Å². The maximum absolute atomic E-state index is 3.96. The van der Waals surface area contributed by atoms with Crippen molar-refractivity contribution in [3.8, 4) is 0 Å². The molecule has 0 radical (unpaired) electrons.